The molecule has 1 N–H and O–H groups in total. The van der Waals surface area contributed by atoms with Gasteiger partial charge in [-0.3, -0.25) is 4.79 Å². The second-order valence-electron chi connectivity index (χ2n) is 5.09. The normalized spacial score (nSPS) is 12.2. The molecule has 0 fully saturated rings. The average molecular weight is 278 g/mol. The smallest absolute Gasteiger partial charge is 0.335 e. The molecule has 2 aromatic carbocycles. The molecule has 0 saturated heterocycles. The molecule has 2 aromatic rings. The van der Waals surface area contributed by atoms with Crippen LogP contribution in [0.2, 0.25) is 0 Å². The first-order valence-electron chi connectivity index (χ1n) is 6.79. The van der Waals surface area contributed by atoms with E-state index < -0.39 is 5.97 Å². The van der Waals surface area contributed by atoms with Gasteiger partial charge in [0.05, 0.1) is 5.56 Å². The number of carboxylic acid groups (broad SMARTS) is 1. The quantitative estimate of drug-likeness (QED) is 0.872. The Hall–Kier alpha value is -2.68. The molecule has 0 radical (unpaired) electrons. The van der Waals surface area contributed by atoms with E-state index in [1.165, 1.54) is 6.07 Å². The summed E-state index contributed by atoms with van der Waals surface area (Å²) < 4.78 is 0. The van der Waals surface area contributed by atoms with E-state index in [4.69, 9.17) is 5.11 Å². The fourth-order valence-electron chi connectivity index (χ4n) is 2.65. The zero-order valence-corrected chi connectivity index (χ0v) is 11.4. The van der Waals surface area contributed by atoms with E-state index in [0.29, 0.717) is 0 Å². The lowest BCUT2D eigenvalue weighted by molar-refractivity contribution is 0.0696. The Morgan fingerprint density at radius 3 is 2.71 bits per heavy atom. The van der Waals surface area contributed by atoms with Crippen molar-refractivity contribution in [2.24, 2.45) is 0 Å². The molecule has 0 saturated carbocycles. The minimum absolute atomic E-state index is 0.0260. The Morgan fingerprint density at radius 1 is 1.10 bits per heavy atom. The third-order valence-electron chi connectivity index (χ3n) is 3.67. The predicted molar refractivity (Wildman–Crippen MR) is 80.6 cm³/mol. The van der Waals surface area contributed by atoms with Gasteiger partial charge < -0.3 is 5.11 Å². The third kappa shape index (κ3) is 2.63. The van der Waals surface area contributed by atoms with E-state index in [1.54, 1.807) is 18.2 Å². The molecule has 0 spiro atoms. The maximum absolute atomic E-state index is 12.5. The van der Waals surface area contributed by atoms with Crippen molar-refractivity contribution in [2.75, 3.05) is 0 Å². The number of Topliss-reactive ketones (excluding diaryl/α,β-unsaturated/α-hetero) is 1. The van der Waals surface area contributed by atoms with Crippen LogP contribution in [0, 0.1) is 0 Å². The van der Waals surface area contributed by atoms with E-state index in [-0.39, 0.29) is 17.8 Å². The molecule has 104 valence electrons. The molecule has 0 aliphatic heterocycles. The van der Waals surface area contributed by atoms with Crippen molar-refractivity contribution in [1.29, 1.82) is 0 Å². The van der Waals surface area contributed by atoms with Crippen LogP contribution in [0.1, 0.15) is 37.4 Å². The van der Waals surface area contributed by atoms with Gasteiger partial charge in [-0.2, -0.15) is 0 Å². The van der Waals surface area contributed by atoms with Crippen LogP contribution in [0.4, 0.5) is 0 Å². The maximum atomic E-state index is 12.5. The molecule has 1 aliphatic rings. The summed E-state index contributed by atoms with van der Waals surface area (Å²) in [5.74, 6) is -0.952. The number of carbonyl (C=O) groups is 2. The second-order valence-corrected chi connectivity index (χ2v) is 5.09. The third-order valence-corrected chi connectivity index (χ3v) is 3.67. The molecule has 0 heterocycles. The number of allylic oxidation sites excluding steroid dienone is 1. The minimum atomic E-state index is -0.978. The Kier molecular flexibility index (Phi) is 3.40. The molecule has 3 nitrogen and oxygen atoms in total. The molecule has 0 bridgehead atoms. The van der Waals surface area contributed by atoms with Crippen molar-refractivity contribution < 1.29 is 14.7 Å². The van der Waals surface area contributed by atoms with Gasteiger partial charge in [-0.05, 0) is 35.2 Å². The number of rotatable bonds is 4. The van der Waals surface area contributed by atoms with E-state index in [0.717, 1.165) is 28.7 Å². The second kappa shape index (κ2) is 5.37. The first-order valence-corrected chi connectivity index (χ1v) is 6.79. The largest absolute Gasteiger partial charge is 0.478 e. The molecule has 1 aliphatic carbocycles. The van der Waals surface area contributed by atoms with Gasteiger partial charge in [0.2, 0.25) is 0 Å². The fourth-order valence-corrected chi connectivity index (χ4v) is 2.65. The maximum Gasteiger partial charge on any atom is 0.335 e. The van der Waals surface area contributed by atoms with Crippen LogP contribution in [0.15, 0.2) is 48.5 Å². The standard InChI is InChI=1S/C18H14O3/c19-17(11-12-4-1-7-14(10-12)18(20)21)16-9-3-6-13-5-2-8-15(13)16/h1-7,9-10H,8,11H2,(H,20,21). The zero-order chi connectivity index (χ0) is 14.8. The highest BCUT2D eigenvalue weighted by Gasteiger charge is 2.16. The van der Waals surface area contributed by atoms with Gasteiger partial charge in [0.25, 0.3) is 0 Å². The number of carbonyl (C=O) groups excluding carboxylic acids is 1. The number of hydrogen-bond donors (Lipinski definition) is 1. The van der Waals surface area contributed by atoms with E-state index in [2.05, 4.69) is 0 Å². The molecule has 3 rings (SSSR count). The summed E-state index contributed by atoms with van der Waals surface area (Å²) in [5.41, 5.74) is 3.83. The van der Waals surface area contributed by atoms with Crippen LogP contribution in [0.25, 0.3) is 6.08 Å². The molecule has 0 aromatic heterocycles. The Balaban J connectivity index is 1.86. The van der Waals surface area contributed by atoms with Gasteiger partial charge in [-0.1, -0.05) is 42.5 Å². The van der Waals surface area contributed by atoms with Gasteiger partial charge in [0.1, 0.15) is 0 Å². The predicted octanol–water partition coefficient (Wildman–Crippen LogP) is 3.38. The van der Waals surface area contributed by atoms with Gasteiger partial charge >= 0.3 is 5.97 Å². The fraction of sp³-hybridized carbons (Fsp3) is 0.111. The number of aromatic carboxylic acids is 1. The summed E-state index contributed by atoms with van der Waals surface area (Å²) in [5, 5.41) is 8.99. The summed E-state index contributed by atoms with van der Waals surface area (Å²) >= 11 is 0. The summed E-state index contributed by atoms with van der Waals surface area (Å²) in [7, 11) is 0. The Bertz CT molecular complexity index is 757. The summed E-state index contributed by atoms with van der Waals surface area (Å²) in [6.07, 6.45) is 5.08. The number of ketones is 1. The summed E-state index contributed by atoms with van der Waals surface area (Å²) in [6.45, 7) is 0. The summed E-state index contributed by atoms with van der Waals surface area (Å²) in [6, 6.07) is 12.3. The Morgan fingerprint density at radius 2 is 1.90 bits per heavy atom. The van der Waals surface area contributed by atoms with Crippen LogP contribution in [-0.2, 0) is 12.8 Å². The Labute approximate surface area is 122 Å². The number of benzene rings is 2. The van der Waals surface area contributed by atoms with Crippen LogP contribution in [-0.4, -0.2) is 16.9 Å². The van der Waals surface area contributed by atoms with Gasteiger partial charge in [0, 0.05) is 12.0 Å². The van der Waals surface area contributed by atoms with E-state index in [1.807, 2.05) is 30.4 Å². The van der Waals surface area contributed by atoms with E-state index in [9.17, 15) is 9.59 Å². The van der Waals surface area contributed by atoms with Crippen molar-refractivity contribution in [2.45, 2.75) is 12.8 Å². The van der Waals surface area contributed by atoms with Gasteiger partial charge in [-0.15, -0.1) is 0 Å². The number of fused-ring (bicyclic) bond motifs is 1. The lowest BCUT2D eigenvalue weighted by Gasteiger charge is -2.08. The zero-order valence-electron chi connectivity index (χ0n) is 11.4. The molecular weight excluding hydrogens is 264 g/mol. The highest BCUT2D eigenvalue weighted by Crippen LogP contribution is 2.24. The van der Waals surface area contributed by atoms with Crippen molar-refractivity contribution >= 4 is 17.8 Å². The van der Waals surface area contributed by atoms with Crippen molar-refractivity contribution in [3.05, 3.63) is 76.4 Å². The van der Waals surface area contributed by atoms with Crippen LogP contribution < -0.4 is 0 Å². The molecule has 0 amide bonds. The van der Waals surface area contributed by atoms with Gasteiger partial charge in [-0.25, -0.2) is 4.79 Å². The van der Waals surface area contributed by atoms with Crippen molar-refractivity contribution in [1.82, 2.24) is 0 Å². The first-order chi connectivity index (χ1) is 10.1. The van der Waals surface area contributed by atoms with Crippen LogP contribution >= 0.6 is 0 Å². The topological polar surface area (TPSA) is 54.4 Å². The van der Waals surface area contributed by atoms with Crippen LogP contribution in [0.5, 0.6) is 0 Å². The van der Waals surface area contributed by atoms with Gasteiger partial charge in [0.15, 0.2) is 5.78 Å². The first kappa shape index (κ1) is 13.3. The van der Waals surface area contributed by atoms with Crippen molar-refractivity contribution in [3.8, 4) is 0 Å². The lowest BCUT2D eigenvalue weighted by Crippen LogP contribution is -2.08. The molecule has 21 heavy (non-hydrogen) atoms. The molecule has 3 heteroatoms. The van der Waals surface area contributed by atoms with Crippen LogP contribution in [0.3, 0.4) is 0 Å². The highest BCUT2D eigenvalue weighted by atomic mass is 16.4. The minimum Gasteiger partial charge on any atom is -0.478 e. The SMILES string of the molecule is O=C(O)c1cccc(CC(=O)c2cccc3c2CC=C3)c1. The molecular formula is C18H14O3. The van der Waals surface area contributed by atoms with E-state index >= 15 is 0 Å². The monoisotopic (exact) mass is 278 g/mol. The molecule has 0 atom stereocenters. The number of carboxylic acids is 1. The number of hydrogen-bond acceptors (Lipinski definition) is 2. The van der Waals surface area contributed by atoms with Crippen molar-refractivity contribution in [3.63, 3.8) is 0 Å². The molecule has 0 unspecified atom stereocenters. The highest BCUT2D eigenvalue weighted by molar-refractivity contribution is 6.00. The lowest BCUT2D eigenvalue weighted by atomic mass is 9.95. The summed E-state index contributed by atoms with van der Waals surface area (Å²) in [4.78, 5) is 23.4. The average Bonchev–Trinajstić information content (AvgIpc) is 2.95.